The average molecular weight is 268 g/mol. The van der Waals surface area contributed by atoms with Crippen LogP contribution in [-0.2, 0) is 19.1 Å². The van der Waals surface area contributed by atoms with E-state index in [9.17, 15) is 14.7 Å². The molecular weight excluding hydrogens is 248 g/mol. The molecule has 0 saturated heterocycles. The Labute approximate surface area is 112 Å². The SMILES string of the molecule is CC1CC[C@@H](O)/C=C/C(=O)O[C@H](C)C/C=C/C(=O)O1. The van der Waals surface area contributed by atoms with E-state index in [0.717, 1.165) is 0 Å². The van der Waals surface area contributed by atoms with E-state index in [-0.39, 0.29) is 12.2 Å². The van der Waals surface area contributed by atoms with Crippen molar-refractivity contribution in [1.82, 2.24) is 0 Å². The molecule has 0 radical (unpaired) electrons. The summed E-state index contributed by atoms with van der Waals surface area (Å²) < 4.78 is 10.2. The minimum Gasteiger partial charge on any atom is -0.460 e. The van der Waals surface area contributed by atoms with Gasteiger partial charge in [-0.15, -0.1) is 0 Å². The maximum atomic E-state index is 11.4. The third-order valence-electron chi connectivity index (χ3n) is 2.68. The quantitative estimate of drug-likeness (QED) is 0.674. The van der Waals surface area contributed by atoms with Gasteiger partial charge in [0.25, 0.3) is 0 Å². The maximum absolute atomic E-state index is 11.4. The fourth-order valence-electron chi connectivity index (χ4n) is 1.63. The Morgan fingerprint density at radius 2 is 1.68 bits per heavy atom. The Morgan fingerprint density at radius 3 is 2.42 bits per heavy atom. The van der Waals surface area contributed by atoms with Crippen molar-refractivity contribution < 1.29 is 24.2 Å². The molecule has 1 aliphatic rings. The first-order valence-corrected chi connectivity index (χ1v) is 6.41. The van der Waals surface area contributed by atoms with E-state index >= 15 is 0 Å². The van der Waals surface area contributed by atoms with Crippen molar-refractivity contribution in [2.75, 3.05) is 0 Å². The van der Waals surface area contributed by atoms with E-state index in [0.29, 0.717) is 19.3 Å². The monoisotopic (exact) mass is 268 g/mol. The molecule has 5 heteroatoms. The van der Waals surface area contributed by atoms with Gasteiger partial charge in [0.15, 0.2) is 0 Å². The number of esters is 2. The Balaban J connectivity index is 2.69. The normalized spacial score (nSPS) is 33.7. The van der Waals surface area contributed by atoms with Crippen LogP contribution in [0, 0.1) is 0 Å². The summed E-state index contributed by atoms with van der Waals surface area (Å²) >= 11 is 0. The molecule has 0 fully saturated rings. The maximum Gasteiger partial charge on any atom is 0.330 e. The van der Waals surface area contributed by atoms with Crippen LogP contribution in [0.3, 0.4) is 0 Å². The molecule has 0 aromatic carbocycles. The van der Waals surface area contributed by atoms with Gasteiger partial charge >= 0.3 is 11.9 Å². The van der Waals surface area contributed by atoms with E-state index in [1.807, 2.05) is 0 Å². The van der Waals surface area contributed by atoms with Gasteiger partial charge in [-0.25, -0.2) is 9.59 Å². The molecule has 0 saturated carbocycles. The Morgan fingerprint density at radius 1 is 1.05 bits per heavy atom. The number of carbonyl (C=O) groups excluding carboxylic acids is 2. The third-order valence-corrected chi connectivity index (χ3v) is 2.68. The highest BCUT2D eigenvalue weighted by atomic mass is 16.5. The van der Waals surface area contributed by atoms with Gasteiger partial charge in [0.1, 0.15) is 6.10 Å². The summed E-state index contributed by atoms with van der Waals surface area (Å²) in [5.41, 5.74) is 0. The van der Waals surface area contributed by atoms with E-state index < -0.39 is 18.0 Å². The van der Waals surface area contributed by atoms with Gasteiger partial charge in [0, 0.05) is 18.6 Å². The number of hydrogen-bond donors (Lipinski definition) is 1. The molecule has 0 bridgehead atoms. The molecule has 1 heterocycles. The lowest BCUT2D eigenvalue weighted by Gasteiger charge is -2.14. The van der Waals surface area contributed by atoms with Crippen LogP contribution in [0.4, 0.5) is 0 Å². The van der Waals surface area contributed by atoms with Gasteiger partial charge < -0.3 is 14.6 Å². The zero-order valence-electron chi connectivity index (χ0n) is 11.2. The van der Waals surface area contributed by atoms with Gasteiger partial charge in [0.05, 0.1) is 12.2 Å². The van der Waals surface area contributed by atoms with Crippen molar-refractivity contribution in [1.29, 1.82) is 0 Å². The number of ether oxygens (including phenoxy) is 2. The third kappa shape index (κ3) is 6.76. The molecule has 106 valence electrons. The van der Waals surface area contributed by atoms with Gasteiger partial charge in [0.2, 0.25) is 0 Å². The summed E-state index contributed by atoms with van der Waals surface area (Å²) in [4.78, 5) is 22.8. The Hall–Kier alpha value is -1.62. The molecule has 0 amide bonds. The van der Waals surface area contributed by atoms with Crippen LogP contribution in [0.25, 0.3) is 0 Å². The number of hydrogen-bond acceptors (Lipinski definition) is 5. The first kappa shape index (κ1) is 15.4. The fraction of sp³-hybridized carbons (Fsp3) is 0.571. The van der Waals surface area contributed by atoms with Crippen LogP contribution in [0.1, 0.15) is 33.1 Å². The van der Waals surface area contributed by atoms with E-state index in [1.165, 1.54) is 18.2 Å². The summed E-state index contributed by atoms with van der Waals surface area (Å²) in [6, 6.07) is 0. The molecule has 0 aromatic heterocycles. The van der Waals surface area contributed by atoms with Crippen LogP contribution >= 0.6 is 0 Å². The van der Waals surface area contributed by atoms with Gasteiger partial charge in [-0.3, -0.25) is 0 Å². The van der Waals surface area contributed by atoms with E-state index in [4.69, 9.17) is 9.47 Å². The lowest BCUT2D eigenvalue weighted by molar-refractivity contribution is -0.142. The lowest BCUT2D eigenvalue weighted by Crippen LogP contribution is -2.17. The number of cyclic esters (lactones) is 2. The van der Waals surface area contributed by atoms with E-state index in [2.05, 4.69) is 0 Å². The summed E-state index contributed by atoms with van der Waals surface area (Å²) in [7, 11) is 0. The topological polar surface area (TPSA) is 72.8 Å². The largest absolute Gasteiger partial charge is 0.460 e. The summed E-state index contributed by atoms with van der Waals surface area (Å²) in [5.74, 6) is -0.916. The second kappa shape index (κ2) is 7.74. The first-order chi connectivity index (χ1) is 8.97. The zero-order chi connectivity index (χ0) is 14.3. The molecule has 19 heavy (non-hydrogen) atoms. The van der Waals surface area contributed by atoms with Crippen molar-refractivity contribution in [3.63, 3.8) is 0 Å². The second-order valence-electron chi connectivity index (χ2n) is 4.64. The van der Waals surface area contributed by atoms with Gasteiger partial charge in [-0.2, -0.15) is 0 Å². The van der Waals surface area contributed by atoms with Crippen LogP contribution < -0.4 is 0 Å². The average Bonchev–Trinajstić information content (AvgIpc) is 2.32. The summed E-state index contributed by atoms with van der Waals surface area (Å²) in [6.45, 7) is 3.50. The molecule has 1 rings (SSSR count). The molecule has 5 nitrogen and oxygen atoms in total. The molecule has 3 atom stereocenters. The summed E-state index contributed by atoms with van der Waals surface area (Å²) in [6.07, 6.45) is 5.60. The van der Waals surface area contributed by atoms with Crippen LogP contribution in [0.15, 0.2) is 24.3 Å². The zero-order valence-corrected chi connectivity index (χ0v) is 11.2. The predicted octanol–water partition coefficient (Wildman–Crippen LogP) is 1.51. The minimum atomic E-state index is -0.748. The molecule has 1 unspecified atom stereocenters. The Bertz CT molecular complexity index is 372. The van der Waals surface area contributed by atoms with Gasteiger partial charge in [-0.05, 0) is 32.8 Å². The van der Waals surface area contributed by atoms with Crippen molar-refractivity contribution in [3.8, 4) is 0 Å². The molecular formula is C14H20O5. The second-order valence-corrected chi connectivity index (χ2v) is 4.64. The molecule has 0 aliphatic carbocycles. The van der Waals surface area contributed by atoms with E-state index in [1.54, 1.807) is 19.9 Å². The first-order valence-electron chi connectivity index (χ1n) is 6.41. The highest BCUT2D eigenvalue weighted by Gasteiger charge is 2.11. The lowest BCUT2D eigenvalue weighted by atomic mass is 10.1. The van der Waals surface area contributed by atoms with Crippen molar-refractivity contribution >= 4 is 11.9 Å². The number of rotatable bonds is 0. The van der Waals surface area contributed by atoms with Crippen LogP contribution in [0.2, 0.25) is 0 Å². The van der Waals surface area contributed by atoms with Crippen molar-refractivity contribution in [2.24, 2.45) is 0 Å². The predicted molar refractivity (Wildman–Crippen MR) is 69.2 cm³/mol. The highest BCUT2D eigenvalue weighted by Crippen LogP contribution is 2.08. The fourth-order valence-corrected chi connectivity index (χ4v) is 1.63. The summed E-state index contributed by atoms with van der Waals surface area (Å²) in [5, 5.41) is 9.64. The van der Waals surface area contributed by atoms with Crippen molar-refractivity contribution in [2.45, 2.75) is 51.4 Å². The van der Waals surface area contributed by atoms with Crippen LogP contribution in [0.5, 0.6) is 0 Å². The standard InChI is InChI=1S/C14H20O5/c1-10-4-3-5-13(16)19-11(2)6-7-12(15)8-9-14(17)18-10/h3,5,8-12,15H,4,6-7H2,1-2H3/b5-3+,9-8+/t10-,11?,12-/m1/s1. The molecule has 0 aromatic rings. The molecule has 0 spiro atoms. The highest BCUT2D eigenvalue weighted by molar-refractivity contribution is 5.82. The number of aliphatic hydroxyl groups is 1. The van der Waals surface area contributed by atoms with Crippen LogP contribution in [-0.4, -0.2) is 35.4 Å². The minimum absolute atomic E-state index is 0.271. The smallest absolute Gasteiger partial charge is 0.330 e. The molecule has 1 aliphatic heterocycles. The number of carbonyl (C=O) groups is 2. The Kier molecular flexibility index (Phi) is 6.29. The number of aliphatic hydroxyl groups excluding tert-OH is 1. The van der Waals surface area contributed by atoms with Gasteiger partial charge in [-0.1, -0.05) is 6.08 Å². The van der Waals surface area contributed by atoms with Crippen molar-refractivity contribution in [3.05, 3.63) is 24.3 Å². The molecule has 1 N–H and O–H groups in total.